The molecule has 2 aromatic heterocycles. The Hall–Kier alpha value is -1.01. The minimum atomic E-state index is -0.0640. The molecule has 0 fully saturated rings. The van der Waals surface area contributed by atoms with Gasteiger partial charge in [-0.25, -0.2) is 15.0 Å². The Bertz CT molecular complexity index is 631. The fourth-order valence-electron chi connectivity index (χ4n) is 1.86. The fourth-order valence-corrected chi connectivity index (χ4v) is 3.50. The average Bonchev–Trinajstić information content (AvgIpc) is 2.83. The molecular weight excluding hydrogens is 348 g/mol. The molecule has 6 heteroatoms. The smallest absolute Gasteiger partial charge is 0.191 e. The summed E-state index contributed by atoms with van der Waals surface area (Å²) in [7, 11) is 0. The van der Waals surface area contributed by atoms with Crippen molar-refractivity contribution in [3.05, 3.63) is 21.2 Å². The first-order chi connectivity index (χ1) is 9.82. The number of hydrogen-bond donors (Lipinski definition) is 1. The fraction of sp³-hybridized carbons (Fsp3) is 0.533. The SMILES string of the molecule is CCCNc1nc(-c2nc(C)cs2)nc(C(C)(C)C)c1Br. The Balaban J connectivity index is 2.55. The van der Waals surface area contributed by atoms with Crippen LogP contribution in [0.1, 0.15) is 45.5 Å². The van der Waals surface area contributed by atoms with Gasteiger partial charge < -0.3 is 5.32 Å². The summed E-state index contributed by atoms with van der Waals surface area (Å²) in [5, 5.41) is 6.26. The van der Waals surface area contributed by atoms with E-state index in [4.69, 9.17) is 4.98 Å². The molecule has 0 amide bonds. The Kier molecular flexibility index (Phi) is 4.99. The van der Waals surface area contributed by atoms with Crippen LogP contribution < -0.4 is 5.32 Å². The summed E-state index contributed by atoms with van der Waals surface area (Å²) in [5.41, 5.74) is 1.94. The monoisotopic (exact) mass is 368 g/mol. The number of hydrogen-bond acceptors (Lipinski definition) is 5. The predicted octanol–water partition coefficient (Wildman–Crippen LogP) is 4.79. The summed E-state index contributed by atoms with van der Waals surface area (Å²) in [6, 6.07) is 0. The molecule has 0 atom stereocenters. The second-order valence-corrected chi connectivity index (χ2v) is 7.68. The molecule has 0 unspecified atom stereocenters. The topological polar surface area (TPSA) is 50.7 Å². The Labute approximate surface area is 138 Å². The quantitative estimate of drug-likeness (QED) is 0.842. The van der Waals surface area contributed by atoms with Crippen LogP contribution in [0.3, 0.4) is 0 Å². The lowest BCUT2D eigenvalue weighted by atomic mass is 9.92. The van der Waals surface area contributed by atoms with E-state index in [1.165, 1.54) is 0 Å². The van der Waals surface area contributed by atoms with Crippen molar-refractivity contribution in [3.8, 4) is 10.8 Å². The van der Waals surface area contributed by atoms with E-state index >= 15 is 0 Å². The third kappa shape index (κ3) is 3.80. The molecule has 0 saturated heterocycles. The molecule has 0 aliphatic heterocycles. The first kappa shape index (κ1) is 16.4. The molecule has 0 bridgehead atoms. The van der Waals surface area contributed by atoms with Crippen LogP contribution in [-0.4, -0.2) is 21.5 Å². The van der Waals surface area contributed by atoms with Gasteiger partial charge in [-0.15, -0.1) is 11.3 Å². The third-order valence-electron chi connectivity index (χ3n) is 2.91. The maximum Gasteiger partial charge on any atom is 0.191 e. The molecule has 0 radical (unpaired) electrons. The van der Waals surface area contributed by atoms with E-state index < -0.39 is 0 Å². The maximum atomic E-state index is 4.75. The van der Waals surface area contributed by atoms with Crippen molar-refractivity contribution in [2.24, 2.45) is 0 Å². The number of thiazole rings is 1. The van der Waals surface area contributed by atoms with Crippen molar-refractivity contribution >= 4 is 33.1 Å². The molecular formula is C15H21BrN4S. The minimum Gasteiger partial charge on any atom is -0.369 e. The molecule has 0 aliphatic carbocycles. The first-order valence-electron chi connectivity index (χ1n) is 7.07. The van der Waals surface area contributed by atoms with Gasteiger partial charge in [-0.3, -0.25) is 0 Å². The summed E-state index contributed by atoms with van der Waals surface area (Å²) in [6.07, 6.45) is 1.05. The standard InChI is InChI=1S/C15H21BrN4S/c1-6-7-17-12-10(16)11(15(3,4)5)19-13(20-12)14-18-9(2)8-21-14/h8H,6-7H2,1-5H3,(H,17,19,20). The number of rotatable bonds is 4. The summed E-state index contributed by atoms with van der Waals surface area (Å²) < 4.78 is 0.945. The van der Waals surface area contributed by atoms with Crippen molar-refractivity contribution in [2.75, 3.05) is 11.9 Å². The Morgan fingerprint density at radius 2 is 1.95 bits per heavy atom. The zero-order valence-corrected chi connectivity index (χ0v) is 15.5. The Morgan fingerprint density at radius 3 is 2.48 bits per heavy atom. The van der Waals surface area contributed by atoms with Crippen LogP contribution in [0.2, 0.25) is 0 Å². The van der Waals surface area contributed by atoms with Crippen molar-refractivity contribution in [3.63, 3.8) is 0 Å². The van der Waals surface area contributed by atoms with Gasteiger partial charge >= 0.3 is 0 Å². The van der Waals surface area contributed by atoms with Gasteiger partial charge in [0, 0.05) is 23.0 Å². The van der Waals surface area contributed by atoms with Crippen LogP contribution in [0.5, 0.6) is 0 Å². The number of nitrogens with zero attached hydrogens (tertiary/aromatic N) is 3. The van der Waals surface area contributed by atoms with E-state index in [2.05, 4.69) is 58.9 Å². The van der Waals surface area contributed by atoms with Crippen LogP contribution in [0.4, 0.5) is 5.82 Å². The second kappa shape index (κ2) is 6.40. The maximum absolute atomic E-state index is 4.75. The van der Waals surface area contributed by atoms with Gasteiger partial charge in [0.15, 0.2) is 10.8 Å². The van der Waals surface area contributed by atoms with E-state index in [0.717, 1.165) is 39.7 Å². The molecule has 2 rings (SSSR count). The highest BCUT2D eigenvalue weighted by Gasteiger charge is 2.24. The van der Waals surface area contributed by atoms with Crippen molar-refractivity contribution in [1.29, 1.82) is 0 Å². The van der Waals surface area contributed by atoms with Crippen LogP contribution in [0.25, 0.3) is 10.8 Å². The van der Waals surface area contributed by atoms with Crippen LogP contribution >= 0.6 is 27.3 Å². The van der Waals surface area contributed by atoms with Gasteiger partial charge in [0.25, 0.3) is 0 Å². The first-order valence-corrected chi connectivity index (χ1v) is 8.74. The van der Waals surface area contributed by atoms with Gasteiger partial charge in [0.1, 0.15) is 5.82 Å². The minimum absolute atomic E-state index is 0.0640. The predicted molar refractivity (Wildman–Crippen MR) is 93.1 cm³/mol. The van der Waals surface area contributed by atoms with Crippen molar-refractivity contribution in [2.45, 2.75) is 46.5 Å². The highest BCUT2D eigenvalue weighted by atomic mass is 79.9. The summed E-state index contributed by atoms with van der Waals surface area (Å²) >= 11 is 5.24. The molecule has 1 N–H and O–H groups in total. The molecule has 4 nitrogen and oxygen atoms in total. The molecule has 21 heavy (non-hydrogen) atoms. The van der Waals surface area contributed by atoms with Gasteiger partial charge in [-0.05, 0) is 29.3 Å². The number of nitrogens with one attached hydrogen (secondary N) is 1. The lowest BCUT2D eigenvalue weighted by molar-refractivity contribution is 0.564. The lowest BCUT2D eigenvalue weighted by Crippen LogP contribution is -2.17. The summed E-state index contributed by atoms with van der Waals surface area (Å²) in [6.45, 7) is 11.5. The van der Waals surface area contributed by atoms with Crippen LogP contribution in [0.15, 0.2) is 9.85 Å². The summed E-state index contributed by atoms with van der Waals surface area (Å²) in [4.78, 5) is 13.9. The number of aromatic nitrogens is 3. The highest BCUT2D eigenvalue weighted by Crippen LogP contribution is 2.35. The normalized spacial score (nSPS) is 11.7. The van der Waals surface area contributed by atoms with Gasteiger partial charge in [-0.1, -0.05) is 27.7 Å². The zero-order chi connectivity index (χ0) is 15.6. The molecule has 2 heterocycles. The molecule has 114 valence electrons. The van der Waals surface area contributed by atoms with Crippen LogP contribution in [-0.2, 0) is 5.41 Å². The van der Waals surface area contributed by atoms with E-state index in [-0.39, 0.29) is 5.41 Å². The number of halogens is 1. The Morgan fingerprint density at radius 1 is 1.24 bits per heavy atom. The van der Waals surface area contributed by atoms with Crippen molar-refractivity contribution in [1.82, 2.24) is 15.0 Å². The van der Waals surface area contributed by atoms with E-state index in [9.17, 15) is 0 Å². The molecule has 0 aliphatic rings. The number of aryl methyl sites for hydroxylation is 1. The van der Waals surface area contributed by atoms with Crippen LogP contribution in [0, 0.1) is 6.92 Å². The van der Waals surface area contributed by atoms with E-state index in [0.29, 0.717) is 5.82 Å². The second-order valence-electron chi connectivity index (χ2n) is 6.03. The van der Waals surface area contributed by atoms with Gasteiger partial charge in [0.2, 0.25) is 0 Å². The number of anilines is 1. The van der Waals surface area contributed by atoms with E-state index in [1.807, 2.05) is 12.3 Å². The van der Waals surface area contributed by atoms with Gasteiger partial charge in [0.05, 0.1) is 10.2 Å². The van der Waals surface area contributed by atoms with E-state index in [1.54, 1.807) is 11.3 Å². The third-order valence-corrected chi connectivity index (χ3v) is 4.62. The molecule has 2 aromatic rings. The largest absolute Gasteiger partial charge is 0.369 e. The van der Waals surface area contributed by atoms with Gasteiger partial charge in [-0.2, -0.15) is 0 Å². The molecule has 0 saturated carbocycles. The molecule has 0 aromatic carbocycles. The summed E-state index contributed by atoms with van der Waals surface area (Å²) in [5.74, 6) is 1.54. The average molecular weight is 369 g/mol. The zero-order valence-electron chi connectivity index (χ0n) is 13.1. The van der Waals surface area contributed by atoms with Crippen molar-refractivity contribution < 1.29 is 0 Å². The lowest BCUT2D eigenvalue weighted by Gasteiger charge is -2.21. The molecule has 0 spiro atoms. The highest BCUT2D eigenvalue weighted by molar-refractivity contribution is 9.10.